The van der Waals surface area contributed by atoms with Crippen LogP contribution in [0, 0.1) is 0 Å². The second kappa shape index (κ2) is 7.70. The molecule has 1 aromatic carbocycles. The molecule has 0 fully saturated rings. The van der Waals surface area contributed by atoms with Crippen molar-refractivity contribution in [1.82, 2.24) is 15.1 Å². The Morgan fingerprint density at radius 2 is 1.95 bits per heavy atom. The highest BCUT2D eigenvalue weighted by Gasteiger charge is 2.20. The van der Waals surface area contributed by atoms with Gasteiger partial charge in [0.2, 0.25) is 0 Å². The first-order chi connectivity index (χ1) is 10.7. The molecule has 0 radical (unpaired) electrons. The van der Waals surface area contributed by atoms with Gasteiger partial charge in [-0.25, -0.2) is 5.10 Å². The lowest BCUT2D eigenvalue weighted by Gasteiger charge is -2.21. The summed E-state index contributed by atoms with van der Waals surface area (Å²) in [6, 6.07) is 6.90. The van der Waals surface area contributed by atoms with Crippen molar-refractivity contribution in [3.05, 3.63) is 40.3 Å². The number of carbonyl (C=O) groups excluding carboxylic acids is 1. The Kier molecular flexibility index (Phi) is 5.66. The predicted octanol–water partition coefficient (Wildman–Crippen LogP) is 1.55. The quantitative estimate of drug-likeness (QED) is 0.760. The van der Waals surface area contributed by atoms with E-state index in [0.29, 0.717) is 17.3 Å². The van der Waals surface area contributed by atoms with Crippen LogP contribution in [0.25, 0.3) is 10.8 Å². The number of fused-ring (bicyclic) bond motifs is 1. The van der Waals surface area contributed by atoms with Gasteiger partial charge in [0.1, 0.15) is 0 Å². The summed E-state index contributed by atoms with van der Waals surface area (Å²) < 4.78 is 0. The largest absolute Gasteiger partial charge is 0.395 e. The molecular formula is C16H21N3O3. The molecule has 0 saturated heterocycles. The molecule has 0 aliphatic rings. The highest BCUT2D eigenvalue weighted by atomic mass is 16.3. The van der Waals surface area contributed by atoms with E-state index in [1.165, 1.54) is 0 Å². The smallest absolute Gasteiger partial charge is 0.275 e. The van der Waals surface area contributed by atoms with Gasteiger partial charge < -0.3 is 10.0 Å². The Bertz CT molecular complexity index is 696. The monoisotopic (exact) mass is 303 g/mol. The summed E-state index contributed by atoms with van der Waals surface area (Å²) in [5.41, 5.74) is -0.0908. The maximum Gasteiger partial charge on any atom is 0.275 e. The second-order valence-electron chi connectivity index (χ2n) is 5.17. The van der Waals surface area contributed by atoms with Crippen LogP contribution in [0.3, 0.4) is 0 Å². The van der Waals surface area contributed by atoms with Crippen LogP contribution in [0.1, 0.15) is 36.7 Å². The summed E-state index contributed by atoms with van der Waals surface area (Å²) >= 11 is 0. The zero-order valence-corrected chi connectivity index (χ0v) is 12.7. The van der Waals surface area contributed by atoms with E-state index in [1.54, 1.807) is 29.2 Å². The zero-order chi connectivity index (χ0) is 15.9. The molecule has 2 aromatic rings. The van der Waals surface area contributed by atoms with Gasteiger partial charge in [-0.1, -0.05) is 38.0 Å². The summed E-state index contributed by atoms with van der Waals surface area (Å²) in [6.45, 7) is 2.83. The highest BCUT2D eigenvalue weighted by molar-refractivity contribution is 6.04. The number of nitrogens with zero attached hydrogens (tertiary/aromatic N) is 2. The molecule has 6 heteroatoms. The van der Waals surface area contributed by atoms with Crippen LogP contribution in [0.2, 0.25) is 0 Å². The lowest BCUT2D eigenvalue weighted by Crippen LogP contribution is -2.35. The molecule has 0 saturated carbocycles. The van der Waals surface area contributed by atoms with Crippen LogP contribution in [-0.2, 0) is 0 Å². The van der Waals surface area contributed by atoms with Crippen molar-refractivity contribution < 1.29 is 9.90 Å². The molecular weight excluding hydrogens is 282 g/mol. The summed E-state index contributed by atoms with van der Waals surface area (Å²) in [5, 5.41) is 16.5. The van der Waals surface area contributed by atoms with Crippen molar-refractivity contribution in [2.24, 2.45) is 0 Å². The lowest BCUT2D eigenvalue weighted by atomic mass is 10.1. The maximum absolute atomic E-state index is 12.7. The molecule has 1 amide bonds. The van der Waals surface area contributed by atoms with Crippen molar-refractivity contribution in [2.75, 3.05) is 19.7 Å². The summed E-state index contributed by atoms with van der Waals surface area (Å²) in [6.07, 6.45) is 2.96. The number of aromatic nitrogens is 2. The Balaban J connectivity index is 2.34. The average molecular weight is 303 g/mol. The second-order valence-corrected chi connectivity index (χ2v) is 5.17. The molecule has 0 bridgehead atoms. The number of nitrogens with one attached hydrogen (secondary N) is 1. The molecule has 2 N–H and O–H groups in total. The molecule has 118 valence electrons. The van der Waals surface area contributed by atoms with Crippen LogP contribution in [0.5, 0.6) is 0 Å². The Morgan fingerprint density at radius 3 is 2.64 bits per heavy atom. The van der Waals surface area contributed by atoms with Gasteiger partial charge in [0, 0.05) is 18.5 Å². The first-order valence-corrected chi connectivity index (χ1v) is 7.56. The maximum atomic E-state index is 12.7. The van der Waals surface area contributed by atoms with E-state index in [4.69, 9.17) is 0 Å². The number of H-pyrrole nitrogens is 1. The van der Waals surface area contributed by atoms with E-state index in [-0.39, 0.29) is 30.3 Å². The van der Waals surface area contributed by atoms with Crippen molar-refractivity contribution in [1.29, 1.82) is 0 Å². The van der Waals surface area contributed by atoms with E-state index >= 15 is 0 Å². The van der Waals surface area contributed by atoms with Gasteiger partial charge in [0.05, 0.1) is 12.0 Å². The molecule has 2 rings (SSSR count). The van der Waals surface area contributed by atoms with Gasteiger partial charge in [-0.2, -0.15) is 5.10 Å². The van der Waals surface area contributed by atoms with E-state index in [2.05, 4.69) is 17.1 Å². The van der Waals surface area contributed by atoms with Crippen LogP contribution in [0.4, 0.5) is 0 Å². The Labute approximate surface area is 128 Å². The van der Waals surface area contributed by atoms with E-state index in [9.17, 15) is 14.7 Å². The van der Waals surface area contributed by atoms with Crippen LogP contribution in [0.15, 0.2) is 29.1 Å². The Morgan fingerprint density at radius 1 is 1.23 bits per heavy atom. The van der Waals surface area contributed by atoms with Crippen molar-refractivity contribution in [2.45, 2.75) is 26.2 Å². The average Bonchev–Trinajstić information content (AvgIpc) is 2.54. The third kappa shape index (κ3) is 3.51. The minimum atomic E-state index is -0.313. The fourth-order valence-corrected chi connectivity index (χ4v) is 2.42. The molecule has 1 aromatic heterocycles. The summed E-state index contributed by atoms with van der Waals surface area (Å²) in [7, 11) is 0. The predicted molar refractivity (Wildman–Crippen MR) is 84.9 cm³/mol. The zero-order valence-electron chi connectivity index (χ0n) is 12.7. The number of amides is 1. The van der Waals surface area contributed by atoms with Crippen LogP contribution >= 0.6 is 0 Å². The standard InChI is InChI=1S/C16H21N3O3/c1-2-3-6-9-19(10-11-20)16(22)14-12-7-4-5-8-13(12)15(21)18-17-14/h4-5,7-8,20H,2-3,6,9-11H2,1H3,(H,18,21). The van der Waals surface area contributed by atoms with E-state index in [0.717, 1.165) is 19.3 Å². The SMILES string of the molecule is CCCCCN(CCO)C(=O)c1n[nH]c(=O)c2ccccc12. The number of hydrogen-bond acceptors (Lipinski definition) is 4. The molecule has 0 aliphatic heterocycles. The van der Waals surface area contributed by atoms with Gasteiger partial charge in [-0.3, -0.25) is 9.59 Å². The third-order valence-electron chi connectivity index (χ3n) is 3.59. The number of carbonyl (C=O) groups is 1. The number of unbranched alkanes of at least 4 members (excludes halogenated alkanes) is 2. The third-order valence-corrected chi connectivity index (χ3v) is 3.59. The first-order valence-electron chi connectivity index (χ1n) is 7.56. The van der Waals surface area contributed by atoms with Crippen LogP contribution < -0.4 is 5.56 Å². The number of rotatable bonds is 7. The number of benzene rings is 1. The normalized spacial score (nSPS) is 10.8. The van der Waals surface area contributed by atoms with Crippen molar-refractivity contribution >= 4 is 16.7 Å². The topological polar surface area (TPSA) is 86.3 Å². The molecule has 22 heavy (non-hydrogen) atoms. The van der Waals surface area contributed by atoms with E-state index in [1.807, 2.05) is 0 Å². The van der Waals surface area contributed by atoms with Crippen molar-refractivity contribution in [3.63, 3.8) is 0 Å². The minimum absolute atomic E-state index is 0.0981. The molecule has 1 heterocycles. The van der Waals surface area contributed by atoms with Crippen molar-refractivity contribution in [3.8, 4) is 0 Å². The minimum Gasteiger partial charge on any atom is -0.395 e. The number of aliphatic hydroxyl groups excluding tert-OH is 1. The lowest BCUT2D eigenvalue weighted by molar-refractivity contribution is 0.0713. The molecule has 0 unspecified atom stereocenters. The fraction of sp³-hybridized carbons (Fsp3) is 0.438. The van der Waals surface area contributed by atoms with E-state index < -0.39 is 0 Å². The summed E-state index contributed by atoms with van der Waals surface area (Å²) in [5.74, 6) is -0.266. The molecule has 0 aliphatic carbocycles. The number of hydrogen-bond donors (Lipinski definition) is 2. The fourth-order valence-electron chi connectivity index (χ4n) is 2.42. The number of aromatic amines is 1. The van der Waals surface area contributed by atoms with Gasteiger partial charge in [0.25, 0.3) is 11.5 Å². The van der Waals surface area contributed by atoms with Crippen LogP contribution in [-0.4, -0.2) is 45.8 Å². The Hall–Kier alpha value is -2.21. The highest BCUT2D eigenvalue weighted by Crippen LogP contribution is 2.14. The first kappa shape index (κ1) is 16.2. The molecule has 0 atom stereocenters. The molecule has 0 spiro atoms. The molecule has 6 nitrogen and oxygen atoms in total. The summed E-state index contributed by atoms with van der Waals surface area (Å²) in [4.78, 5) is 26.0. The van der Waals surface area contributed by atoms with Gasteiger partial charge in [-0.05, 0) is 12.5 Å². The van der Waals surface area contributed by atoms with Gasteiger partial charge in [0.15, 0.2) is 5.69 Å². The van der Waals surface area contributed by atoms with Gasteiger partial charge >= 0.3 is 0 Å². The number of aliphatic hydroxyl groups is 1. The van der Waals surface area contributed by atoms with Gasteiger partial charge in [-0.15, -0.1) is 0 Å².